The Balaban J connectivity index is 2.02. The fraction of sp³-hybridized carbons (Fsp3) is 0. The van der Waals surface area contributed by atoms with Gasteiger partial charge in [0.25, 0.3) is 5.89 Å². The number of benzene rings is 1. The van der Waals surface area contributed by atoms with Gasteiger partial charge in [-0.15, -0.1) is 0 Å². The summed E-state index contributed by atoms with van der Waals surface area (Å²) >= 11 is 6.03. The van der Waals surface area contributed by atoms with E-state index in [1.807, 2.05) is 0 Å². The lowest BCUT2D eigenvalue weighted by Gasteiger charge is -1.95. The van der Waals surface area contributed by atoms with Crippen LogP contribution in [0.15, 0.2) is 47.1 Å². The van der Waals surface area contributed by atoms with E-state index in [4.69, 9.17) is 21.4 Å². The Morgan fingerprint density at radius 3 is 2.90 bits per heavy atom. The molecule has 5 nitrogen and oxygen atoms in total. The number of nitrogens with zero attached hydrogens (tertiary/aromatic N) is 4. The molecule has 0 saturated heterocycles. The van der Waals surface area contributed by atoms with Crippen LogP contribution in [0.2, 0.25) is 5.02 Å². The van der Waals surface area contributed by atoms with Gasteiger partial charge in [0.2, 0.25) is 5.82 Å². The van der Waals surface area contributed by atoms with Gasteiger partial charge in [-0.05, 0) is 30.3 Å². The Morgan fingerprint density at radius 1 is 1.20 bits per heavy atom. The molecule has 0 spiro atoms. The van der Waals surface area contributed by atoms with Crippen LogP contribution in [0.4, 0.5) is 0 Å². The zero-order chi connectivity index (χ0) is 13.9. The average Bonchev–Trinajstić information content (AvgIpc) is 2.97. The fourth-order valence-electron chi connectivity index (χ4n) is 1.71. The van der Waals surface area contributed by atoms with E-state index in [-0.39, 0.29) is 0 Å². The highest BCUT2D eigenvalue weighted by Gasteiger charge is 2.14. The number of nitriles is 1. The molecule has 0 aliphatic heterocycles. The first-order valence-electron chi connectivity index (χ1n) is 5.73. The zero-order valence-electron chi connectivity index (χ0n) is 10.1. The second kappa shape index (κ2) is 5.11. The normalized spacial score (nSPS) is 10.2. The first kappa shape index (κ1) is 12.3. The number of halogens is 1. The van der Waals surface area contributed by atoms with Gasteiger partial charge in [-0.1, -0.05) is 22.8 Å². The first-order valence-corrected chi connectivity index (χ1v) is 6.11. The van der Waals surface area contributed by atoms with Crippen LogP contribution in [0.3, 0.4) is 0 Å². The highest BCUT2D eigenvalue weighted by molar-refractivity contribution is 6.32. The van der Waals surface area contributed by atoms with E-state index in [0.717, 1.165) is 0 Å². The van der Waals surface area contributed by atoms with Crippen molar-refractivity contribution < 1.29 is 4.52 Å². The Bertz CT molecular complexity index is 807. The van der Waals surface area contributed by atoms with Crippen molar-refractivity contribution >= 4 is 11.6 Å². The van der Waals surface area contributed by atoms with E-state index in [0.29, 0.717) is 33.6 Å². The van der Waals surface area contributed by atoms with Crippen LogP contribution in [0, 0.1) is 11.3 Å². The van der Waals surface area contributed by atoms with Crippen LogP contribution in [0.1, 0.15) is 5.56 Å². The van der Waals surface area contributed by atoms with Gasteiger partial charge in [0.15, 0.2) is 0 Å². The minimum atomic E-state index is 0.313. The molecule has 0 unspecified atom stereocenters. The summed E-state index contributed by atoms with van der Waals surface area (Å²) in [5.41, 5.74) is 1.66. The molecule has 0 radical (unpaired) electrons. The van der Waals surface area contributed by atoms with Crippen molar-refractivity contribution in [2.24, 2.45) is 0 Å². The molecule has 0 bridgehead atoms. The fourth-order valence-corrected chi connectivity index (χ4v) is 1.91. The van der Waals surface area contributed by atoms with E-state index in [1.165, 1.54) is 0 Å². The van der Waals surface area contributed by atoms with Crippen LogP contribution >= 0.6 is 11.6 Å². The van der Waals surface area contributed by atoms with Gasteiger partial charge >= 0.3 is 0 Å². The van der Waals surface area contributed by atoms with E-state index in [1.54, 1.807) is 42.6 Å². The molecule has 1 aromatic carbocycles. The van der Waals surface area contributed by atoms with E-state index < -0.39 is 0 Å². The molecule has 2 aromatic heterocycles. The van der Waals surface area contributed by atoms with Crippen molar-refractivity contribution in [2.75, 3.05) is 0 Å². The van der Waals surface area contributed by atoms with E-state index in [9.17, 15) is 0 Å². The predicted molar refractivity (Wildman–Crippen MR) is 72.7 cm³/mol. The minimum absolute atomic E-state index is 0.313. The van der Waals surface area contributed by atoms with Crippen molar-refractivity contribution in [1.82, 2.24) is 15.1 Å². The molecule has 2 heterocycles. The highest BCUT2D eigenvalue weighted by atomic mass is 35.5. The molecule has 0 saturated carbocycles. The SMILES string of the molecule is N#Cc1cccc(-c2nc(-c3ncccc3Cl)no2)c1. The smallest absolute Gasteiger partial charge is 0.258 e. The van der Waals surface area contributed by atoms with Crippen LogP contribution in [-0.2, 0) is 0 Å². The number of hydrogen-bond donors (Lipinski definition) is 0. The largest absolute Gasteiger partial charge is 0.334 e. The summed E-state index contributed by atoms with van der Waals surface area (Å²) in [4.78, 5) is 8.37. The Labute approximate surface area is 119 Å². The molecule has 0 N–H and O–H groups in total. The third-order valence-electron chi connectivity index (χ3n) is 2.63. The summed E-state index contributed by atoms with van der Waals surface area (Å²) in [6, 6.07) is 12.4. The maximum Gasteiger partial charge on any atom is 0.258 e. The summed E-state index contributed by atoms with van der Waals surface area (Å²) in [7, 11) is 0. The van der Waals surface area contributed by atoms with E-state index >= 15 is 0 Å². The number of rotatable bonds is 2. The maximum atomic E-state index is 8.88. The maximum absolute atomic E-state index is 8.88. The quantitative estimate of drug-likeness (QED) is 0.720. The molecule has 20 heavy (non-hydrogen) atoms. The molecular formula is C14H7ClN4O. The van der Waals surface area contributed by atoms with E-state index in [2.05, 4.69) is 21.2 Å². The van der Waals surface area contributed by atoms with Gasteiger partial charge in [-0.2, -0.15) is 10.2 Å². The van der Waals surface area contributed by atoms with Crippen LogP contribution in [0.25, 0.3) is 23.0 Å². The predicted octanol–water partition coefficient (Wildman–Crippen LogP) is 3.32. The van der Waals surface area contributed by atoms with Crippen LogP contribution in [0.5, 0.6) is 0 Å². The third-order valence-corrected chi connectivity index (χ3v) is 2.94. The van der Waals surface area contributed by atoms with Crippen molar-refractivity contribution in [3.8, 4) is 29.0 Å². The first-order chi connectivity index (χ1) is 9.78. The molecular weight excluding hydrogens is 276 g/mol. The summed E-state index contributed by atoms with van der Waals surface area (Å²) < 4.78 is 5.19. The number of pyridine rings is 1. The monoisotopic (exact) mass is 282 g/mol. The lowest BCUT2D eigenvalue weighted by Crippen LogP contribution is -1.86. The van der Waals surface area contributed by atoms with Crippen LogP contribution in [-0.4, -0.2) is 15.1 Å². The second-order valence-corrected chi connectivity index (χ2v) is 4.36. The van der Waals surface area contributed by atoms with Crippen LogP contribution < -0.4 is 0 Å². The topological polar surface area (TPSA) is 75.6 Å². The van der Waals surface area contributed by atoms with Gasteiger partial charge < -0.3 is 4.52 Å². The zero-order valence-corrected chi connectivity index (χ0v) is 10.9. The van der Waals surface area contributed by atoms with Gasteiger partial charge in [0.1, 0.15) is 5.69 Å². The lowest BCUT2D eigenvalue weighted by molar-refractivity contribution is 0.432. The number of aromatic nitrogens is 3. The highest BCUT2D eigenvalue weighted by Crippen LogP contribution is 2.25. The molecule has 0 amide bonds. The average molecular weight is 283 g/mol. The standard InChI is InChI=1S/C14H7ClN4O/c15-11-5-2-6-17-12(11)13-18-14(20-19-13)10-4-1-3-9(7-10)8-16/h1-7H. The molecule has 0 fully saturated rings. The lowest BCUT2D eigenvalue weighted by atomic mass is 10.1. The summed E-state index contributed by atoms with van der Waals surface area (Å²) in [6.07, 6.45) is 1.60. The van der Waals surface area contributed by atoms with Crippen molar-refractivity contribution in [3.63, 3.8) is 0 Å². The summed E-state index contributed by atoms with van der Waals surface area (Å²) in [6.45, 7) is 0. The molecule has 3 aromatic rings. The molecule has 0 aliphatic rings. The van der Waals surface area contributed by atoms with Gasteiger partial charge in [-0.25, -0.2) is 0 Å². The summed E-state index contributed by atoms with van der Waals surface area (Å²) in [5.74, 6) is 0.631. The van der Waals surface area contributed by atoms with Crippen molar-refractivity contribution in [1.29, 1.82) is 5.26 Å². The number of hydrogen-bond acceptors (Lipinski definition) is 5. The van der Waals surface area contributed by atoms with Gasteiger partial charge in [0.05, 0.1) is 16.7 Å². The third kappa shape index (κ3) is 2.25. The Morgan fingerprint density at radius 2 is 2.10 bits per heavy atom. The Hall–Kier alpha value is -2.71. The second-order valence-electron chi connectivity index (χ2n) is 3.95. The molecule has 0 atom stereocenters. The van der Waals surface area contributed by atoms with Gasteiger partial charge in [0, 0.05) is 11.8 Å². The molecule has 3 rings (SSSR count). The molecule has 6 heteroatoms. The molecule has 0 aliphatic carbocycles. The van der Waals surface area contributed by atoms with Crippen molar-refractivity contribution in [2.45, 2.75) is 0 Å². The summed E-state index contributed by atoms with van der Waals surface area (Å²) in [5, 5.41) is 13.2. The minimum Gasteiger partial charge on any atom is -0.334 e. The van der Waals surface area contributed by atoms with Crippen molar-refractivity contribution in [3.05, 3.63) is 53.2 Å². The molecule has 96 valence electrons. The van der Waals surface area contributed by atoms with Gasteiger partial charge in [-0.3, -0.25) is 4.98 Å². The Kier molecular flexibility index (Phi) is 3.15.